The van der Waals surface area contributed by atoms with E-state index in [0.717, 1.165) is 18.8 Å². The van der Waals surface area contributed by atoms with E-state index in [1.807, 2.05) is 0 Å². The Balaban J connectivity index is 1.81. The van der Waals surface area contributed by atoms with Gasteiger partial charge in [0.15, 0.2) is 0 Å². The molecule has 86 valence electrons. The van der Waals surface area contributed by atoms with E-state index in [2.05, 4.69) is 12.2 Å². The Labute approximate surface area is 91.2 Å². The van der Waals surface area contributed by atoms with Crippen molar-refractivity contribution in [1.82, 2.24) is 5.32 Å². The van der Waals surface area contributed by atoms with Crippen molar-refractivity contribution in [3.05, 3.63) is 0 Å². The Morgan fingerprint density at radius 2 is 2.20 bits per heavy atom. The third-order valence-electron chi connectivity index (χ3n) is 3.84. The number of amides is 1. The second kappa shape index (κ2) is 4.12. The summed E-state index contributed by atoms with van der Waals surface area (Å²) in [5.41, 5.74) is -1.00. The topological polar surface area (TPSA) is 49.3 Å². The second-order valence-electron chi connectivity index (χ2n) is 5.14. The van der Waals surface area contributed by atoms with Crippen molar-refractivity contribution in [2.45, 2.75) is 63.5 Å². The minimum Gasteiger partial charge on any atom is -0.380 e. The molecule has 3 heteroatoms. The van der Waals surface area contributed by atoms with Crippen LogP contribution in [0.1, 0.15) is 51.9 Å². The minimum atomic E-state index is -1.00. The van der Waals surface area contributed by atoms with Crippen LogP contribution in [0.4, 0.5) is 0 Å². The van der Waals surface area contributed by atoms with Crippen LogP contribution in [-0.4, -0.2) is 22.7 Å². The first-order valence-electron chi connectivity index (χ1n) is 6.17. The number of hydrogen-bond acceptors (Lipinski definition) is 2. The Bertz CT molecular complexity index is 248. The van der Waals surface area contributed by atoms with E-state index in [1.54, 1.807) is 0 Å². The lowest BCUT2D eigenvalue weighted by molar-refractivity contribution is -0.132. The SMILES string of the molecule is CCC1CCCC(NC(=O)C2(O)CC2)C1. The number of rotatable bonds is 3. The maximum Gasteiger partial charge on any atom is 0.252 e. The fraction of sp³-hybridized carbons (Fsp3) is 0.917. The van der Waals surface area contributed by atoms with E-state index in [4.69, 9.17) is 0 Å². The van der Waals surface area contributed by atoms with Gasteiger partial charge in [0.2, 0.25) is 0 Å². The van der Waals surface area contributed by atoms with Crippen molar-refractivity contribution in [2.75, 3.05) is 0 Å². The highest BCUT2D eigenvalue weighted by Crippen LogP contribution is 2.36. The van der Waals surface area contributed by atoms with Gasteiger partial charge >= 0.3 is 0 Å². The predicted molar refractivity (Wildman–Crippen MR) is 58.4 cm³/mol. The van der Waals surface area contributed by atoms with Crippen LogP contribution in [0.25, 0.3) is 0 Å². The van der Waals surface area contributed by atoms with Gasteiger partial charge < -0.3 is 10.4 Å². The maximum atomic E-state index is 11.6. The molecule has 2 aliphatic carbocycles. The zero-order valence-corrected chi connectivity index (χ0v) is 9.46. The van der Waals surface area contributed by atoms with E-state index in [9.17, 15) is 9.90 Å². The van der Waals surface area contributed by atoms with Gasteiger partial charge in [-0.1, -0.05) is 26.2 Å². The molecule has 15 heavy (non-hydrogen) atoms. The van der Waals surface area contributed by atoms with Gasteiger partial charge in [0.1, 0.15) is 5.60 Å². The molecule has 1 amide bonds. The normalized spacial score (nSPS) is 33.5. The lowest BCUT2D eigenvalue weighted by atomic mass is 9.84. The highest BCUT2D eigenvalue weighted by molar-refractivity contribution is 5.87. The van der Waals surface area contributed by atoms with Crippen LogP contribution in [0.3, 0.4) is 0 Å². The van der Waals surface area contributed by atoms with Gasteiger partial charge in [-0.25, -0.2) is 0 Å². The predicted octanol–water partition coefficient (Wildman–Crippen LogP) is 1.60. The summed E-state index contributed by atoms with van der Waals surface area (Å²) in [6.07, 6.45) is 7.17. The molecule has 0 aromatic carbocycles. The molecule has 2 fully saturated rings. The molecular weight excluding hydrogens is 190 g/mol. The second-order valence-corrected chi connectivity index (χ2v) is 5.14. The third-order valence-corrected chi connectivity index (χ3v) is 3.84. The van der Waals surface area contributed by atoms with Crippen LogP contribution in [0.5, 0.6) is 0 Å². The summed E-state index contributed by atoms with van der Waals surface area (Å²) < 4.78 is 0. The fourth-order valence-corrected chi connectivity index (χ4v) is 2.46. The number of nitrogens with one attached hydrogen (secondary N) is 1. The van der Waals surface area contributed by atoms with Crippen molar-refractivity contribution >= 4 is 5.91 Å². The molecule has 0 radical (unpaired) electrons. The lowest BCUT2D eigenvalue weighted by Gasteiger charge is -2.29. The smallest absolute Gasteiger partial charge is 0.252 e. The molecule has 2 saturated carbocycles. The van der Waals surface area contributed by atoms with E-state index in [-0.39, 0.29) is 5.91 Å². The van der Waals surface area contributed by atoms with Crippen molar-refractivity contribution in [2.24, 2.45) is 5.92 Å². The first kappa shape index (κ1) is 10.9. The van der Waals surface area contributed by atoms with E-state index < -0.39 is 5.60 Å². The lowest BCUT2D eigenvalue weighted by Crippen LogP contribution is -2.44. The molecule has 2 rings (SSSR count). The first-order chi connectivity index (χ1) is 7.14. The molecule has 0 bridgehead atoms. The summed E-state index contributed by atoms with van der Waals surface area (Å²) in [5, 5.41) is 12.6. The molecule has 2 atom stereocenters. The average molecular weight is 211 g/mol. The Kier molecular flexibility index (Phi) is 3.01. The molecule has 2 N–H and O–H groups in total. The highest BCUT2D eigenvalue weighted by Gasteiger charge is 2.48. The Hall–Kier alpha value is -0.570. The molecule has 2 unspecified atom stereocenters. The zero-order valence-electron chi connectivity index (χ0n) is 9.46. The molecule has 0 aliphatic heterocycles. The highest BCUT2D eigenvalue weighted by atomic mass is 16.3. The molecule has 0 heterocycles. The van der Waals surface area contributed by atoms with Crippen LogP contribution in [-0.2, 0) is 4.79 Å². The van der Waals surface area contributed by atoms with Crippen LogP contribution >= 0.6 is 0 Å². The van der Waals surface area contributed by atoms with Crippen molar-refractivity contribution < 1.29 is 9.90 Å². The van der Waals surface area contributed by atoms with E-state index >= 15 is 0 Å². The zero-order chi connectivity index (χ0) is 10.9. The summed E-state index contributed by atoms with van der Waals surface area (Å²) >= 11 is 0. The first-order valence-corrected chi connectivity index (χ1v) is 6.17. The molecule has 3 nitrogen and oxygen atoms in total. The fourth-order valence-electron chi connectivity index (χ4n) is 2.46. The summed E-state index contributed by atoms with van der Waals surface area (Å²) in [6.45, 7) is 2.21. The third kappa shape index (κ3) is 2.51. The Morgan fingerprint density at radius 1 is 1.47 bits per heavy atom. The van der Waals surface area contributed by atoms with Crippen LogP contribution in [0, 0.1) is 5.92 Å². The largest absolute Gasteiger partial charge is 0.380 e. The summed E-state index contributed by atoms with van der Waals surface area (Å²) in [7, 11) is 0. The number of carbonyl (C=O) groups excluding carboxylic acids is 1. The molecule has 0 aromatic rings. The Morgan fingerprint density at radius 3 is 2.80 bits per heavy atom. The van der Waals surface area contributed by atoms with Gasteiger partial charge in [-0.2, -0.15) is 0 Å². The molecule has 2 aliphatic rings. The summed E-state index contributed by atoms with van der Waals surface area (Å²) in [5.74, 6) is 0.627. The van der Waals surface area contributed by atoms with Gasteiger partial charge in [0.25, 0.3) is 5.91 Å². The molecule has 0 aromatic heterocycles. The van der Waals surface area contributed by atoms with Gasteiger partial charge in [0, 0.05) is 6.04 Å². The monoisotopic (exact) mass is 211 g/mol. The van der Waals surface area contributed by atoms with Gasteiger partial charge in [-0.05, 0) is 31.6 Å². The maximum absolute atomic E-state index is 11.6. The van der Waals surface area contributed by atoms with Gasteiger partial charge in [0.05, 0.1) is 0 Å². The average Bonchev–Trinajstić information content (AvgIpc) is 2.98. The van der Waals surface area contributed by atoms with E-state index in [1.165, 1.54) is 19.3 Å². The molecular formula is C12H21NO2. The van der Waals surface area contributed by atoms with Crippen molar-refractivity contribution in [3.63, 3.8) is 0 Å². The van der Waals surface area contributed by atoms with Gasteiger partial charge in [-0.3, -0.25) is 4.79 Å². The quantitative estimate of drug-likeness (QED) is 0.745. The number of aliphatic hydroxyl groups is 1. The molecule has 0 spiro atoms. The van der Waals surface area contributed by atoms with Crippen LogP contribution < -0.4 is 5.32 Å². The van der Waals surface area contributed by atoms with Crippen molar-refractivity contribution in [1.29, 1.82) is 0 Å². The van der Waals surface area contributed by atoms with Gasteiger partial charge in [-0.15, -0.1) is 0 Å². The van der Waals surface area contributed by atoms with E-state index in [0.29, 0.717) is 18.9 Å². The minimum absolute atomic E-state index is 0.135. The summed E-state index contributed by atoms with van der Waals surface area (Å²) in [4.78, 5) is 11.6. The molecule has 0 saturated heterocycles. The number of carbonyl (C=O) groups is 1. The van der Waals surface area contributed by atoms with Crippen LogP contribution in [0.2, 0.25) is 0 Å². The van der Waals surface area contributed by atoms with Crippen LogP contribution in [0.15, 0.2) is 0 Å². The summed E-state index contributed by atoms with van der Waals surface area (Å²) in [6, 6.07) is 0.306. The number of hydrogen-bond donors (Lipinski definition) is 2. The van der Waals surface area contributed by atoms with Crippen molar-refractivity contribution in [3.8, 4) is 0 Å². The standard InChI is InChI=1S/C12H21NO2/c1-2-9-4-3-5-10(8-9)13-11(14)12(15)6-7-12/h9-10,15H,2-8H2,1H3,(H,13,14).